The largest absolute Gasteiger partial charge is 0.465 e. The summed E-state index contributed by atoms with van der Waals surface area (Å²) in [6.45, 7) is 0. The molecule has 35 heavy (non-hydrogen) atoms. The van der Waals surface area contributed by atoms with Gasteiger partial charge in [-0.2, -0.15) is 0 Å². The minimum absolute atomic E-state index is 0.125. The number of amides is 3. The summed E-state index contributed by atoms with van der Waals surface area (Å²) in [6, 6.07) is 18.8. The van der Waals surface area contributed by atoms with Crippen molar-refractivity contribution in [3.05, 3.63) is 99.7 Å². The van der Waals surface area contributed by atoms with E-state index in [0.29, 0.717) is 16.4 Å². The van der Waals surface area contributed by atoms with Gasteiger partial charge in [0.2, 0.25) is 0 Å². The fourth-order valence-electron chi connectivity index (χ4n) is 3.39. The van der Waals surface area contributed by atoms with Gasteiger partial charge in [-0.3, -0.25) is 14.4 Å². The molecule has 0 aliphatic carbocycles. The molecule has 3 aromatic carbocycles. The Balaban J connectivity index is 1.54. The number of rotatable bonds is 6. The van der Waals surface area contributed by atoms with E-state index in [1.165, 1.54) is 31.4 Å². The lowest BCUT2D eigenvalue weighted by molar-refractivity contribution is -0.120. The summed E-state index contributed by atoms with van der Waals surface area (Å²) in [4.78, 5) is 51.3. The number of esters is 1. The normalized spacial score (nSPS) is 13.2. The molecule has 8 nitrogen and oxygen atoms in total. The van der Waals surface area contributed by atoms with Crippen molar-refractivity contribution < 1.29 is 23.9 Å². The van der Waals surface area contributed by atoms with E-state index in [1.807, 2.05) is 0 Å². The topological polar surface area (TPSA) is 105 Å². The molecule has 1 aliphatic rings. The van der Waals surface area contributed by atoms with Gasteiger partial charge in [-0.25, -0.2) is 9.69 Å². The Labute approximate surface area is 210 Å². The van der Waals surface area contributed by atoms with E-state index in [2.05, 4.69) is 10.6 Å². The van der Waals surface area contributed by atoms with Gasteiger partial charge in [0, 0.05) is 16.3 Å². The van der Waals surface area contributed by atoms with Gasteiger partial charge in [-0.05, 0) is 54.6 Å². The number of nitrogens with zero attached hydrogens (tertiary/aromatic N) is 1. The molecule has 1 heterocycles. The standard InChI is InChI=1S/C25H17Cl2N3O5/c1-35-25(34)18-7-2-3-8-19(18)29-22(31)14-5-4-6-16(13-14)28-21-20(27)23(32)30(24(21)33)17-11-9-15(26)10-12-17/h2-13,28H,1H3,(H,29,31). The zero-order valence-corrected chi connectivity index (χ0v) is 19.7. The minimum Gasteiger partial charge on any atom is -0.465 e. The highest BCUT2D eigenvalue weighted by Gasteiger charge is 2.39. The summed E-state index contributed by atoms with van der Waals surface area (Å²) in [5.41, 5.74) is 1.26. The monoisotopic (exact) mass is 509 g/mol. The first-order valence-corrected chi connectivity index (χ1v) is 11.0. The number of anilines is 3. The lowest BCUT2D eigenvalue weighted by atomic mass is 10.1. The highest BCUT2D eigenvalue weighted by Crippen LogP contribution is 2.31. The lowest BCUT2D eigenvalue weighted by Crippen LogP contribution is -2.32. The zero-order valence-electron chi connectivity index (χ0n) is 18.2. The number of ether oxygens (including phenoxy) is 1. The molecule has 4 rings (SSSR count). The van der Waals surface area contributed by atoms with Gasteiger partial charge in [0.25, 0.3) is 17.7 Å². The Morgan fingerprint density at radius 2 is 1.60 bits per heavy atom. The van der Waals surface area contributed by atoms with Crippen LogP contribution in [0.3, 0.4) is 0 Å². The average molecular weight is 510 g/mol. The predicted molar refractivity (Wildman–Crippen MR) is 133 cm³/mol. The van der Waals surface area contributed by atoms with Crippen molar-refractivity contribution in [2.45, 2.75) is 0 Å². The second kappa shape index (κ2) is 10.0. The summed E-state index contributed by atoms with van der Waals surface area (Å²) in [6.07, 6.45) is 0. The third-order valence-corrected chi connectivity index (χ3v) is 5.69. The first kappa shape index (κ1) is 24.0. The molecule has 1 aliphatic heterocycles. The number of carbonyl (C=O) groups excluding carboxylic acids is 4. The Morgan fingerprint density at radius 3 is 2.31 bits per heavy atom. The molecular weight excluding hydrogens is 493 g/mol. The van der Waals surface area contributed by atoms with Crippen molar-refractivity contribution in [2.75, 3.05) is 22.6 Å². The minimum atomic E-state index is -0.685. The van der Waals surface area contributed by atoms with Gasteiger partial charge >= 0.3 is 5.97 Å². The first-order valence-electron chi connectivity index (χ1n) is 10.2. The molecule has 0 bridgehead atoms. The van der Waals surface area contributed by atoms with Gasteiger partial charge in [0.15, 0.2) is 0 Å². The van der Waals surface area contributed by atoms with E-state index in [4.69, 9.17) is 27.9 Å². The van der Waals surface area contributed by atoms with Crippen molar-refractivity contribution in [1.82, 2.24) is 0 Å². The molecule has 0 radical (unpaired) electrons. The van der Waals surface area contributed by atoms with Gasteiger partial charge in [-0.1, -0.05) is 41.4 Å². The molecule has 176 valence electrons. The molecule has 0 aromatic heterocycles. The number of hydrogen-bond donors (Lipinski definition) is 2. The van der Waals surface area contributed by atoms with Crippen LogP contribution in [0, 0.1) is 0 Å². The van der Waals surface area contributed by atoms with Crippen LogP contribution in [0.1, 0.15) is 20.7 Å². The second-order valence-corrected chi connectivity index (χ2v) is 8.12. The number of methoxy groups -OCH3 is 1. The fraction of sp³-hybridized carbons (Fsp3) is 0.0400. The number of benzene rings is 3. The smallest absolute Gasteiger partial charge is 0.339 e. The lowest BCUT2D eigenvalue weighted by Gasteiger charge is -2.15. The van der Waals surface area contributed by atoms with Crippen molar-refractivity contribution in [3.63, 3.8) is 0 Å². The second-order valence-electron chi connectivity index (χ2n) is 7.31. The molecule has 3 amide bonds. The maximum absolute atomic E-state index is 13.0. The van der Waals surface area contributed by atoms with Crippen LogP contribution in [0.4, 0.5) is 17.1 Å². The molecule has 2 N–H and O–H groups in total. The zero-order chi connectivity index (χ0) is 25.1. The van der Waals surface area contributed by atoms with E-state index < -0.39 is 23.7 Å². The predicted octanol–water partition coefficient (Wildman–Crippen LogP) is 4.81. The summed E-state index contributed by atoms with van der Waals surface area (Å²) >= 11 is 12.1. The van der Waals surface area contributed by atoms with E-state index in [9.17, 15) is 19.2 Å². The number of halogens is 2. The van der Waals surface area contributed by atoms with Gasteiger partial charge in [0.05, 0.1) is 24.0 Å². The van der Waals surface area contributed by atoms with Crippen molar-refractivity contribution in [3.8, 4) is 0 Å². The maximum Gasteiger partial charge on any atom is 0.339 e. The Hall–Kier alpha value is -4.14. The van der Waals surface area contributed by atoms with Crippen molar-refractivity contribution in [2.24, 2.45) is 0 Å². The van der Waals surface area contributed by atoms with Crippen molar-refractivity contribution >= 4 is 64.0 Å². The molecule has 0 saturated heterocycles. The fourth-order valence-corrected chi connectivity index (χ4v) is 3.73. The third-order valence-electron chi connectivity index (χ3n) is 5.09. The number of para-hydroxylation sites is 1. The summed E-state index contributed by atoms with van der Waals surface area (Å²) in [5, 5.41) is 5.68. The number of nitrogens with one attached hydrogen (secondary N) is 2. The molecule has 0 atom stereocenters. The molecule has 10 heteroatoms. The van der Waals surface area contributed by atoms with Crippen LogP contribution in [0.15, 0.2) is 83.5 Å². The molecule has 0 unspecified atom stereocenters. The number of hydrogen-bond acceptors (Lipinski definition) is 6. The molecule has 0 fully saturated rings. The van der Waals surface area contributed by atoms with Crippen LogP contribution >= 0.6 is 23.2 Å². The highest BCUT2D eigenvalue weighted by atomic mass is 35.5. The Morgan fingerprint density at radius 1 is 0.886 bits per heavy atom. The molecule has 3 aromatic rings. The Kier molecular flexibility index (Phi) is 6.86. The van der Waals surface area contributed by atoms with Crippen LogP contribution in [-0.2, 0) is 14.3 Å². The maximum atomic E-state index is 13.0. The van der Waals surface area contributed by atoms with Crippen LogP contribution in [-0.4, -0.2) is 30.8 Å². The van der Waals surface area contributed by atoms with Crippen LogP contribution < -0.4 is 15.5 Å². The molecule has 0 spiro atoms. The van der Waals surface area contributed by atoms with Gasteiger partial charge in [0.1, 0.15) is 10.7 Å². The van der Waals surface area contributed by atoms with E-state index in [0.717, 1.165) is 4.90 Å². The van der Waals surface area contributed by atoms with Crippen LogP contribution in [0.2, 0.25) is 5.02 Å². The average Bonchev–Trinajstić information content (AvgIpc) is 3.07. The summed E-state index contributed by atoms with van der Waals surface area (Å²) in [7, 11) is 1.25. The van der Waals surface area contributed by atoms with E-state index in [1.54, 1.807) is 48.5 Å². The Bertz CT molecular complexity index is 1390. The number of carbonyl (C=O) groups is 4. The van der Waals surface area contributed by atoms with E-state index in [-0.39, 0.29) is 27.5 Å². The molecule has 0 saturated carbocycles. The van der Waals surface area contributed by atoms with Crippen LogP contribution in [0.5, 0.6) is 0 Å². The van der Waals surface area contributed by atoms with Gasteiger partial charge in [-0.15, -0.1) is 0 Å². The quantitative estimate of drug-likeness (QED) is 0.364. The number of imide groups is 1. The third kappa shape index (κ3) is 4.89. The first-order chi connectivity index (χ1) is 16.8. The molecular formula is C25H17Cl2N3O5. The highest BCUT2D eigenvalue weighted by molar-refractivity contribution is 6.53. The van der Waals surface area contributed by atoms with Gasteiger partial charge < -0.3 is 15.4 Å². The van der Waals surface area contributed by atoms with E-state index >= 15 is 0 Å². The van der Waals surface area contributed by atoms with Crippen molar-refractivity contribution in [1.29, 1.82) is 0 Å². The summed E-state index contributed by atoms with van der Waals surface area (Å²) in [5.74, 6) is -2.42. The SMILES string of the molecule is COC(=O)c1ccccc1NC(=O)c1cccc(NC2=C(Cl)C(=O)N(c3ccc(Cl)cc3)C2=O)c1. The van der Waals surface area contributed by atoms with Crippen LogP contribution in [0.25, 0.3) is 0 Å². The summed E-state index contributed by atoms with van der Waals surface area (Å²) < 4.78 is 4.75.